The minimum Gasteiger partial charge on any atom is -0.469 e. The van der Waals surface area contributed by atoms with Crippen LogP contribution in [0.3, 0.4) is 0 Å². The highest BCUT2D eigenvalue weighted by atomic mass is 16.3. The van der Waals surface area contributed by atoms with Crippen LogP contribution in [0.4, 0.5) is 0 Å². The van der Waals surface area contributed by atoms with E-state index in [1.807, 2.05) is 6.92 Å². The third-order valence-electron chi connectivity index (χ3n) is 1.43. The molecule has 0 radical (unpaired) electrons. The van der Waals surface area contributed by atoms with Crippen LogP contribution in [0.1, 0.15) is 23.0 Å². The van der Waals surface area contributed by atoms with Gasteiger partial charge in [0.25, 0.3) is 5.91 Å². The molecule has 1 aromatic heterocycles. The second-order valence-corrected chi connectivity index (χ2v) is 2.11. The molecule has 0 aliphatic heterocycles. The zero-order valence-electron chi connectivity index (χ0n) is 6.52. The predicted octanol–water partition coefficient (Wildman–Crippen LogP) is 2.29. The molecular formula is C7H7N3O2. The molecule has 5 heteroatoms. The van der Waals surface area contributed by atoms with E-state index in [0.717, 1.165) is 0 Å². The summed E-state index contributed by atoms with van der Waals surface area (Å²) in [7, 11) is 0. The van der Waals surface area contributed by atoms with Gasteiger partial charge in [-0.1, -0.05) is 6.92 Å². The number of nitrogens with zero attached hydrogens (tertiary/aromatic N) is 3. The van der Waals surface area contributed by atoms with E-state index in [0.29, 0.717) is 17.7 Å². The van der Waals surface area contributed by atoms with E-state index in [1.165, 1.54) is 12.3 Å². The summed E-state index contributed by atoms with van der Waals surface area (Å²) in [5.74, 6) is -0.0458. The maximum absolute atomic E-state index is 11.0. The van der Waals surface area contributed by atoms with E-state index >= 15 is 0 Å². The highest BCUT2D eigenvalue weighted by Crippen LogP contribution is 2.12. The number of aryl methyl sites for hydroxylation is 1. The molecule has 0 aliphatic carbocycles. The van der Waals surface area contributed by atoms with Crippen molar-refractivity contribution in [1.29, 1.82) is 0 Å². The Kier molecular flexibility index (Phi) is 2.50. The molecule has 0 aliphatic rings. The summed E-state index contributed by atoms with van der Waals surface area (Å²) in [6, 6.07) is 1.50. The smallest absolute Gasteiger partial charge is 0.252 e. The first-order chi connectivity index (χ1) is 5.79. The second-order valence-electron chi connectivity index (χ2n) is 2.11. The topological polar surface area (TPSA) is 79.0 Å². The number of azide groups is 1. The average molecular weight is 165 g/mol. The molecule has 1 heterocycles. The first kappa shape index (κ1) is 8.36. The van der Waals surface area contributed by atoms with E-state index in [4.69, 9.17) is 9.95 Å². The zero-order chi connectivity index (χ0) is 8.97. The Balaban J connectivity index is 3.01. The molecule has 0 saturated carbocycles. The van der Waals surface area contributed by atoms with E-state index < -0.39 is 5.91 Å². The molecule has 62 valence electrons. The van der Waals surface area contributed by atoms with Gasteiger partial charge < -0.3 is 4.42 Å². The van der Waals surface area contributed by atoms with Crippen molar-refractivity contribution < 1.29 is 9.21 Å². The van der Waals surface area contributed by atoms with Crippen molar-refractivity contribution >= 4 is 5.91 Å². The minimum atomic E-state index is -0.594. The fourth-order valence-electron chi connectivity index (χ4n) is 0.899. The van der Waals surface area contributed by atoms with Crippen LogP contribution < -0.4 is 0 Å². The number of rotatable bonds is 2. The van der Waals surface area contributed by atoms with Gasteiger partial charge in [0.15, 0.2) is 0 Å². The molecule has 12 heavy (non-hydrogen) atoms. The number of amides is 1. The van der Waals surface area contributed by atoms with Gasteiger partial charge in [-0.25, -0.2) is 0 Å². The molecular weight excluding hydrogens is 158 g/mol. The quantitative estimate of drug-likeness (QED) is 0.382. The molecule has 1 aromatic rings. The first-order valence-corrected chi connectivity index (χ1v) is 3.45. The maximum Gasteiger partial charge on any atom is 0.252 e. The zero-order valence-corrected chi connectivity index (χ0v) is 6.52. The van der Waals surface area contributed by atoms with Crippen LogP contribution in [0.15, 0.2) is 21.9 Å². The summed E-state index contributed by atoms with van der Waals surface area (Å²) in [4.78, 5) is 13.4. The van der Waals surface area contributed by atoms with E-state index in [2.05, 4.69) is 10.0 Å². The van der Waals surface area contributed by atoms with Crippen LogP contribution in [0.2, 0.25) is 0 Å². The molecule has 5 nitrogen and oxygen atoms in total. The van der Waals surface area contributed by atoms with Gasteiger partial charge in [0, 0.05) is 11.3 Å². The second kappa shape index (κ2) is 3.59. The number of carbonyl (C=O) groups is 1. The van der Waals surface area contributed by atoms with Crippen molar-refractivity contribution in [3.8, 4) is 0 Å². The monoisotopic (exact) mass is 165 g/mol. The van der Waals surface area contributed by atoms with Crippen LogP contribution in [0, 0.1) is 0 Å². The Labute approximate surface area is 68.6 Å². The van der Waals surface area contributed by atoms with Crippen LogP contribution in [-0.4, -0.2) is 5.91 Å². The summed E-state index contributed by atoms with van der Waals surface area (Å²) in [5, 5.41) is 2.96. The Morgan fingerprint density at radius 1 is 1.83 bits per heavy atom. The molecule has 0 aromatic carbocycles. The first-order valence-electron chi connectivity index (χ1n) is 3.45. The van der Waals surface area contributed by atoms with Gasteiger partial charge in [0.2, 0.25) is 0 Å². The van der Waals surface area contributed by atoms with Crippen molar-refractivity contribution in [3.63, 3.8) is 0 Å². The van der Waals surface area contributed by atoms with Crippen molar-refractivity contribution in [3.05, 3.63) is 34.1 Å². The van der Waals surface area contributed by atoms with Gasteiger partial charge in [-0.05, 0) is 16.7 Å². The number of furan rings is 1. The Morgan fingerprint density at radius 2 is 2.58 bits per heavy atom. The molecule has 0 bridgehead atoms. The normalized spacial score (nSPS) is 9.08. The molecule has 0 saturated heterocycles. The van der Waals surface area contributed by atoms with Crippen molar-refractivity contribution in [2.45, 2.75) is 13.3 Å². The number of carbonyl (C=O) groups excluding carboxylic acids is 1. The van der Waals surface area contributed by atoms with Gasteiger partial charge in [-0.15, -0.1) is 0 Å². The predicted molar refractivity (Wildman–Crippen MR) is 41.6 cm³/mol. The number of hydrogen-bond acceptors (Lipinski definition) is 2. The molecule has 0 N–H and O–H groups in total. The summed E-state index contributed by atoms with van der Waals surface area (Å²) in [6.07, 6.45) is 2.01. The molecule has 0 spiro atoms. The third-order valence-corrected chi connectivity index (χ3v) is 1.43. The lowest BCUT2D eigenvalue weighted by molar-refractivity contribution is 0.0998. The van der Waals surface area contributed by atoms with Gasteiger partial charge >= 0.3 is 0 Å². The van der Waals surface area contributed by atoms with Gasteiger partial charge in [-0.2, -0.15) is 0 Å². The third kappa shape index (κ3) is 1.46. The van der Waals surface area contributed by atoms with Gasteiger partial charge in [0.1, 0.15) is 5.76 Å². The van der Waals surface area contributed by atoms with Crippen molar-refractivity contribution in [2.24, 2.45) is 5.11 Å². The minimum absolute atomic E-state index is 0.343. The van der Waals surface area contributed by atoms with E-state index in [9.17, 15) is 4.79 Å². The lowest BCUT2D eigenvalue weighted by atomic mass is 10.2. The molecule has 0 atom stereocenters. The van der Waals surface area contributed by atoms with Crippen LogP contribution >= 0.6 is 0 Å². The van der Waals surface area contributed by atoms with Crippen LogP contribution in [0.25, 0.3) is 10.4 Å². The lowest BCUT2D eigenvalue weighted by Crippen LogP contribution is -1.94. The van der Waals surface area contributed by atoms with Crippen LogP contribution in [0.5, 0.6) is 0 Å². The Bertz CT molecular complexity index is 336. The standard InChI is InChI=1S/C7H7N3O2/c1-2-6-5(3-4-12-6)7(11)9-10-8/h3-4H,2H2,1H3. The van der Waals surface area contributed by atoms with E-state index in [-0.39, 0.29) is 0 Å². The van der Waals surface area contributed by atoms with Gasteiger partial charge in [-0.3, -0.25) is 4.79 Å². The van der Waals surface area contributed by atoms with Crippen LogP contribution in [-0.2, 0) is 6.42 Å². The molecule has 1 rings (SSSR count). The SMILES string of the molecule is CCc1occc1C(=O)N=[N+]=[N-]. The summed E-state index contributed by atoms with van der Waals surface area (Å²) in [5.41, 5.74) is 8.35. The van der Waals surface area contributed by atoms with Crippen molar-refractivity contribution in [2.75, 3.05) is 0 Å². The van der Waals surface area contributed by atoms with E-state index in [1.54, 1.807) is 0 Å². The fraction of sp³-hybridized carbons (Fsp3) is 0.286. The molecule has 0 fully saturated rings. The lowest BCUT2D eigenvalue weighted by Gasteiger charge is -1.91. The summed E-state index contributed by atoms with van der Waals surface area (Å²) < 4.78 is 4.98. The molecule has 0 unspecified atom stereocenters. The van der Waals surface area contributed by atoms with Gasteiger partial charge in [0.05, 0.1) is 11.8 Å². The average Bonchev–Trinajstić information content (AvgIpc) is 2.51. The highest BCUT2D eigenvalue weighted by Gasteiger charge is 2.10. The Hall–Kier alpha value is -1.74. The fourth-order valence-corrected chi connectivity index (χ4v) is 0.899. The number of hydrogen-bond donors (Lipinski definition) is 0. The molecule has 1 amide bonds. The summed E-state index contributed by atoms with van der Waals surface area (Å²) >= 11 is 0. The largest absolute Gasteiger partial charge is 0.469 e. The maximum atomic E-state index is 11.0. The Morgan fingerprint density at radius 3 is 3.17 bits per heavy atom. The summed E-state index contributed by atoms with van der Waals surface area (Å²) in [6.45, 7) is 1.85. The van der Waals surface area contributed by atoms with Crippen molar-refractivity contribution in [1.82, 2.24) is 0 Å². The highest BCUT2D eigenvalue weighted by molar-refractivity contribution is 5.95.